The average molecular weight is 240 g/mol. The number of anilines is 1. The van der Waals surface area contributed by atoms with Crippen LogP contribution in [-0.2, 0) is 10.2 Å². The van der Waals surface area contributed by atoms with Gasteiger partial charge in [0.2, 0.25) is 0 Å². The number of benzene rings is 1. The van der Waals surface area contributed by atoms with Crippen LogP contribution in [0, 0.1) is 0 Å². The van der Waals surface area contributed by atoms with Gasteiger partial charge in [-0.1, -0.05) is 25.4 Å². The molecule has 2 rings (SSSR count). The summed E-state index contributed by atoms with van der Waals surface area (Å²) in [5.41, 5.74) is 1.89. The molecule has 1 aliphatic rings. The zero-order chi connectivity index (χ0) is 11.9. The number of ether oxygens (including phenoxy) is 1. The molecule has 0 spiro atoms. The normalized spacial score (nSPS) is 17.1. The summed E-state index contributed by atoms with van der Waals surface area (Å²) in [7, 11) is 1.39. The van der Waals surface area contributed by atoms with Gasteiger partial charge in [0.15, 0.2) is 0 Å². The van der Waals surface area contributed by atoms with Crippen molar-refractivity contribution in [2.45, 2.75) is 19.3 Å². The van der Waals surface area contributed by atoms with Crippen molar-refractivity contribution in [1.82, 2.24) is 0 Å². The van der Waals surface area contributed by atoms with Crippen LogP contribution in [0.2, 0.25) is 5.02 Å². The molecule has 0 fully saturated rings. The average Bonchev–Trinajstić information content (AvgIpc) is 2.50. The molecule has 0 atom stereocenters. The summed E-state index contributed by atoms with van der Waals surface area (Å²) in [6, 6.07) is 5.57. The molecule has 0 aliphatic carbocycles. The van der Waals surface area contributed by atoms with E-state index < -0.39 is 0 Å². The number of nitrogens with zero attached hydrogens (tertiary/aromatic N) is 1. The van der Waals surface area contributed by atoms with Gasteiger partial charge in [-0.25, -0.2) is 4.79 Å². The van der Waals surface area contributed by atoms with Crippen molar-refractivity contribution < 1.29 is 9.53 Å². The van der Waals surface area contributed by atoms with Crippen LogP contribution in [0.5, 0.6) is 0 Å². The molecule has 1 aliphatic heterocycles. The van der Waals surface area contributed by atoms with Crippen LogP contribution < -0.4 is 4.90 Å². The highest BCUT2D eigenvalue weighted by Gasteiger charge is 2.38. The monoisotopic (exact) mass is 239 g/mol. The molecule has 1 heterocycles. The third kappa shape index (κ3) is 1.65. The number of carbonyl (C=O) groups is 1. The lowest BCUT2D eigenvalue weighted by molar-refractivity contribution is 0.178. The summed E-state index contributed by atoms with van der Waals surface area (Å²) >= 11 is 5.98. The lowest BCUT2D eigenvalue weighted by atomic mass is 9.87. The second-order valence-electron chi connectivity index (χ2n) is 4.60. The molecule has 3 nitrogen and oxygen atoms in total. The molecule has 0 saturated heterocycles. The molecule has 1 aromatic carbocycles. The van der Waals surface area contributed by atoms with Crippen molar-refractivity contribution in [3.05, 3.63) is 28.8 Å². The van der Waals surface area contributed by atoms with E-state index in [1.807, 2.05) is 12.1 Å². The molecule has 1 aromatic rings. The highest BCUT2D eigenvalue weighted by atomic mass is 35.5. The molecule has 0 radical (unpaired) electrons. The highest BCUT2D eigenvalue weighted by molar-refractivity contribution is 6.30. The van der Waals surface area contributed by atoms with Crippen LogP contribution in [0.4, 0.5) is 10.5 Å². The Morgan fingerprint density at radius 2 is 2.19 bits per heavy atom. The van der Waals surface area contributed by atoms with Crippen LogP contribution in [-0.4, -0.2) is 19.7 Å². The molecule has 0 saturated carbocycles. The largest absolute Gasteiger partial charge is 0.452 e. The Kier molecular flexibility index (Phi) is 2.58. The molecule has 0 unspecified atom stereocenters. The molecule has 16 heavy (non-hydrogen) atoms. The number of hydrogen-bond acceptors (Lipinski definition) is 2. The van der Waals surface area contributed by atoms with E-state index >= 15 is 0 Å². The Morgan fingerprint density at radius 1 is 1.50 bits per heavy atom. The van der Waals surface area contributed by atoms with Crippen molar-refractivity contribution in [1.29, 1.82) is 0 Å². The number of rotatable bonds is 0. The Balaban J connectivity index is 2.51. The predicted molar refractivity (Wildman–Crippen MR) is 64.2 cm³/mol. The minimum Gasteiger partial charge on any atom is -0.452 e. The van der Waals surface area contributed by atoms with Crippen molar-refractivity contribution in [2.24, 2.45) is 0 Å². The van der Waals surface area contributed by atoms with Gasteiger partial charge in [0, 0.05) is 17.0 Å². The van der Waals surface area contributed by atoms with Gasteiger partial charge >= 0.3 is 6.09 Å². The molecule has 0 N–H and O–H groups in total. The number of hydrogen-bond donors (Lipinski definition) is 0. The second-order valence-corrected chi connectivity index (χ2v) is 5.04. The van der Waals surface area contributed by atoms with Crippen LogP contribution in [0.15, 0.2) is 18.2 Å². The van der Waals surface area contributed by atoms with E-state index in [0.29, 0.717) is 11.6 Å². The van der Waals surface area contributed by atoms with E-state index in [1.54, 1.807) is 11.0 Å². The standard InChI is InChI=1S/C12H14ClNO2/c1-12(2)7-14(11(15)16-3)10-5-4-8(13)6-9(10)12/h4-6H,7H2,1-3H3. The maximum Gasteiger partial charge on any atom is 0.414 e. The lowest BCUT2D eigenvalue weighted by Crippen LogP contribution is -2.33. The number of halogens is 1. The maximum absolute atomic E-state index is 11.6. The van der Waals surface area contributed by atoms with Gasteiger partial charge in [-0.3, -0.25) is 4.90 Å². The van der Waals surface area contributed by atoms with E-state index in [9.17, 15) is 4.79 Å². The van der Waals surface area contributed by atoms with Crippen molar-refractivity contribution in [2.75, 3.05) is 18.6 Å². The van der Waals surface area contributed by atoms with Gasteiger partial charge in [-0.15, -0.1) is 0 Å². The molecular weight excluding hydrogens is 226 g/mol. The number of fused-ring (bicyclic) bond motifs is 1. The third-order valence-corrected chi connectivity index (χ3v) is 3.16. The Morgan fingerprint density at radius 3 is 2.81 bits per heavy atom. The summed E-state index contributed by atoms with van der Waals surface area (Å²) < 4.78 is 4.77. The molecule has 0 bridgehead atoms. The molecular formula is C12H14ClNO2. The summed E-state index contributed by atoms with van der Waals surface area (Å²) in [5.74, 6) is 0. The fourth-order valence-corrected chi connectivity index (χ4v) is 2.30. The second kappa shape index (κ2) is 3.67. The topological polar surface area (TPSA) is 29.5 Å². The first kappa shape index (κ1) is 11.3. The van der Waals surface area contributed by atoms with Crippen molar-refractivity contribution in [3.8, 4) is 0 Å². The zero-order valence-electron chi connectivity index (χ0n) is 9.58. The van der Waals surface area contributed by atoms with Crippen LogP contribution >= 0.6 is 11.6 Å². The molecule has 1 amide bonds. The summed E-state index contributed by atoms with van der Waals surface area (Å²) in [5, 5.41) is 0.693. The summed E-state index contributed by atoms with van der Waals surface area (Å²) in [6.07, 6.45) is -0.325. The van der Waals surface area contributed by atoms with Crippen LogP contribution in [0.1, 0.15) is 19.4 Å². The van der Waals surface area contributed by atoms with E-state index in [0.717, 1.165) is 11.3 Å². The number of methoxy groups -OCH3 is 1. The smallest absolute Gasteiger partial charge is 0.414 e. The van der Waals surface area contributed by atoms with Crippen LogP contribution in [0.25, 0.3) is 0 Å². The van der Waals surface area contributed by atoms with Gasteiger partial charge in [-0.2, -0.15) is 0 Å². The van der Waals surface area contributed by atoms with Gasteiger partial charge in [0.05, 0.1) is 12.8 Å². The highest BCUT2D eigenvalue weighted by Crippen LogP contribution is 2.41. The quantitative estimate of drug-likeness (QED) is 0.696. The van der Waals surface area contributed by atoms with E-state index in [2.05, 4.69) is 13.8 Å². The van der Waals surface area contributed by atoms with Gasteiger partial charge in [-0.05, 0) is 23.8 Å². The van der Waals surface area contributed by atoms with Crippen molar-refractivity contribution in [3.63, 3.8) is 0 Å². The zero-order valence-corrected chi connectivity index (χ0v) is 10.3. The minimum absolute atomic E-state index is 0.0889. The minimum atomic E-state index is -0.325. The summed E-state index contributed by atoms with van der Waals surface area (Å²) in [6.45, 7) is 4.80. The number of amides is 1. The first-order chi connectivity index (χ1) is 7.45. The molecule has 4 heteroatoms. The predicted octanol–water partition coefficient (Wildman–Crippen LogP) is 3.20. The van der Waals surface area contributed by atoms with E-state index in [1.165, 1.54) is 7.11 Å². The SMILES string of the molecule is COC(=O)N1CC(C)(C)c2cc(Cl)ccc21. The Labute approximate surface area is 100.0 Å². The lowest BCUT2D eigenvalue weighted by Gasteiger charge is -2.19. The Hall–Kier alpha value is -1.22. The van der Waals surface area contributed by atoms with E-state index in [-0.39, 0.29) is 11.5 Å². The number of carbonyl (C=O) groups excluding carboxylic acids is 1. The van der Waals surface area contributed by atoms with Gasteiger partial charge < -0.3 is 4.74 Å². The maximum atomic E-state index is 11.6. The fourth-order valence-electron chi connectivity index (χ4n) is 2.12. The first-order valence-electron chi connectivity index (χ1n) is 5.11. The third-order valence-electron chi connectivity index (χ3n) is 2.93. The molecule has 0 aromatic heterocycles. The summed E-state index contributed by atoms with van der Waals surface area (Å²) in [4.78, 5) is 13.3. The Bertz CT molecular complexity index is 443. The van der Waals surface area contributed by atoms with Crippen LogP contribution in [0.3, 0.4) is 0 Å². The fraction of sp³-hybridized carbons (Fsp3) is 0.417. The van der Waals surface area contributed by atoms with Gasteiger partial charge in [0.25, 0.3) is 0 Å². The first-order valence-corrected chi connectivity index (χ1v) is 5.49. The van der Waals surface area contributed by atoms with Crippen molar-refractivity contribution >= 4 is 23.4 Å². The van der Waals surface area contributed by atoms with Gasteiger partial charge in [0.1, 0.15) is 0 Å². The molecule has 86 valence electrons. The van der Waals surface area contributed by atoms with E-state index in [4.69, 9.17) is 16.3 Å².